The summed E-state index contributed by atoms with van der Waals surface area (Å²) in [5.41, 5.74) is 2.28. The predicted octanol–water partition coefficient (Wildman–Crippen LogP) is 4.61. The fourth-order valence-electron chi connectivity index (χ4n) is 1.43. The Hall–Kier alpha value is -1.02. The molecular weight excluding hydrogens is 264 g/mol. The highest BCUT2D eigenvalue weighted by Crippen LogP contribution is 2.23. The van der Waals surface area contributed by atoms with Crippen molar-refractivity contribution in [3.63, 3.8) is 0 Å². The van der Waals surface area contributed by atoms with Crippen molar-refractivity contribution in [3.8, 4) is 5.75 Å². The molecule has 16 heavy (non-hydrogen) atoms. The number of benzene rings is 1. The molecule has 0 unspecified atom stereocenters. The van der Waals surface area contributed by atoms with E-state index in [9.17, 15) is 5.11 Å². The Kier molecular flexibility index (Phi) is 5.33. The van der Waals surface area contributed by atoms with Crippen LogP contribution in [-0.2, 0) is 6.42 Å². The van der Waals surface area contributed by atoms with Crippen molar-refractivity contribution in [2.24, 2.45) is 0 Å². The highest BCUT2D eigenvalue weighted by Gasteiger charge is 2.00. The maximum Gasteiger partial charge on any atom is 0.119 e. The fraction of sp³-hybridized carbons (Fsp3) is 0.286. The van der Waals surface area contributed by atoms with Gasteiger partial charge in [-0.1, -0.05) is 33.7 Å². The molecule has 1 rings (SSSR count). The van der Waals surface area contributed by atoms with Crippen LogP contribution in [-0.4, -0.2) is 5.11 Å². The molecule has 1 aromatic carbocycles. The van der Waals surface area contributed by atoms with Crippen molar-refractivity contribution >= 4 is 15.9 Å². The van der Waals surface area contributed by atoms with Gasteiger partial charge in [0.25, 0.3) is 0 Å². The number of halogens is 1. The minimum absolute atomic E-state index is 0.357. The molecular formula is C14H17BrO. The van der Waals surface area contributed by atoms with Crippen molar-refractivity contribution in [3.05, 3.63) is 52.5 Å². The molecule has 2 heteroatoms. The molecule has 1 nitrogen and oxygen atoms in total. The van der Waals surface area contributed by atoms with Crippen LogP contribution in [0.5, 0.6) is 5.75 Å². The lowest BCUT2D eigenvalue weighted by Crippen LogP contribution is -1.85. The zero-order valence-electron chi connectivity index (χ0n) is 9.54. The SMILES string of the molecule is C=CCC/C(C)=C/Cc1cc(Br)ccc1O. The van der Waals surface area contributed by atoms with E-state index in [2.05, 4.69) is 35.5 Å². The molecule has 0 aromatic heterocycles. The second-order valence-electron chi connectivity index (χ2n) is 3.85. The third kappa shape index (κ3) is 4.23. The Balaban J connectivity index is 2.66. The van der Waals surface area contributed by atoms with Crippen molar-refractivity contribution in [1.82, 2.24) is 0 Å². The van der Waals surface area contributed by atoms with E-state index < -0.39 is 0 Å². The molecule has 0 saturated heterocycles. The molecule has 0 heterocycles. The maximum absolute atomic E-state index is 9.66. The van der Waals surface area contributed by atoms with Crippen LogP contribution in [0.15, 0.2) is 47.0 Å². The second kappa shape index (κ2) is 6.54. The molecule has 0 fully saturated rings. The van der Waals surface area contributed by atoms with Crippen LogP contribution in [0.4, 0.5) is 0 Å². The largest absolute Gasteiger partial charge is 0.508 e. The van der Waals surface area contributed by atoms with E-state index in [4.69, 9.17) is 0 Å². The summed E-state index contributed by atoms with van der Waals surface area (Å²) < 4.78 is 0.998. The summed E-state index contributed by atoms with van der Waals surface area (Å²) in [6, 6.07) is 5.51. The van der Waals surface area contributed by atoms with Crippen molar-refractivity contribution in [2.75, 3.05) is 0 Å². The average Bonchev–Trinajstić information content (AvgIpc) is 2.27. The monoisotopic (exact) mass is 280 g/mol. The normalized spacial score (nSPS) is 11.5. The standard InChI is InChI=1S/C14H17BrO/c1-3-4-5-11(2)6-7-12-10-13(15)8-9-14(12)16/h3,6,8-10,16H,1,4-5,7H2,2H3/b11-6+. The van der Waals surface area contributed by atoms with Gasteiger partial charge in [-0.3, -0.25) is 0 Å². The van der Waals surface area contributed by atoms with Crippen LogP contribution >= 0.6 is 15.9 Å². The van der Waals surface area contributed by atoms with Crippen LogP contribution in [0.3, 0.4) is 0 Å². The average molecular weight is 281 g/mol. The van der Waals surface area contributed by atoms with E-state index in [1.807, 2.05) is 18.2 Å². The minimum atomic E-state index is 0.357. The molecule has 86 valence electrons. The first kappa shape index (κ1) is 13.0. The van der Waals surface area contributed by atoms with Gasteiger partial charge in [-0.2, -0.15) is 0 Å². The van der Waals surface area contributed by atoms with Crippen LogP contribution in [0.1, 0.15) is 25.3 Å². The third-order valence-corrected chi connectivity index (χ3v) is 2.95. The van der Waals surface area contributed by atoms with Gasteiger partial charge in [0.15, 0.2) is 0 Å². The lowest BCUT2D eigenvalue weighted by Gasteiger charge is -2.03. The number of phenols is 1. The maximum atomic E-state index is 9.66. The van der Waals surface area contributed by atoms with Gasteiger partial charge in [0, 0.05) is 4.47 Å². The first-order chi connectivity index (χ1) is 7.63. The first-order valence-corrected chi connectivity index (χ1v) is 6.16. The Morgan fingerprint density at radius 1 is 1.50 bits per heavy atom. The van der Waals surface area contributed by atoms with Gasteiger partial charge in [-0.15, -0.1) is 6.58 Å². The van der Waals surface area contributed by atoms with Gasteiger partial charge in [0.05, 0.1) is 0 Å². The van der Waals surface area contributed by atoms with Crippen LogP contribution in [0, 0.1) is 0 Å². The van der Waals surface area contributed by atoms with Gasteiger partial charge in [0.2, 0.25) is 0 Å². The van der Waals surface area contributed by atoms with E-state index in [0.29, 0.717) is 5.75 Å². The van der Waals surface area contributed by atoms with Gasteiger partial charge < -0.3 is 5.11 Å². The van der Waals surface area contributed by atoms with E-state index in [1.54, 1.807) is 6.07 Å². The van der Waals surface area contributed by atoms with Gasteiger partial charge >= 0.3 is 0 Å². The number of hydrogen-bond donors (Lipinski definition) is 1. The Labute approximate surface area is 106 Å². The van der Waals surface area contributed by atoms with Crippen LogP contribution < -0.4 is 0 Å². The van der Waals surface area contributed by atoms with Crippen molar-refractivity contribution in [1.29, 1.82) is 0 Å². The number of hydrogen-bond acceptors (Lipinski definition) is 1. The van der Waals surface area contributed by atoms with E-state index in [-0.39, 0.29) is 0 Å². The number of aromatic hydroxyl groups is 1. The van der Waals surface area contributed by atoms with E-state index in [1.165, 1.54) is 5.57 Å². The van der Waals surface area contributed by atoms with Gasteiger partial charge in [0.1, 0.15) is 5.75 Å². The second-order valence-corrected chi connectivity index (χ2v) is 4.77. The molecule has 0 atom stereocenters. The van der Waals surface area contributed by atoms with Gasteiger partial charge in [-0.25, -0.2) is 0 Å². The molecule has 1 N–H and O–H groups in total. The molecule has 0 radical (unpaired) electrons. The summed E-state index contributed by atoms with van der Waals surface area (Å²) in [6.07, 6.45) is 6.90. The molecule has 0 aliphatic heterocycles. The summed E-state index contributed by atoms with van der Waals surface area (Å²) in [4.78, 5) is 0. The quantitative estimate of drug-likeness (QED) is 0.781. The Morgan fingerprint density at radius 3 is 2.94 bits per heavy atom. The summed E-state index contributed by atoms with van der Waals surface area (Å²) in [5.74, 6) is 0.357. The van der Waals surface area contributed by atoms with Gasteiger partial charge in [-0.05, 0) is 49.9 Å². The van der Waals surface area contributed by atoms with E-state index in [0.717, 1.165) is 29.3 Å². The third-order valence-electron chi connectivity index (χ3n) is 2.45. The topological polar surface area (TPSA) is 20.2 Å². The lowest BCUT2D eigenvalue weighted by molar-refractivity contribution is 0.469. The Morgan fingerprint density at radius 2 is 2.25 bits per heavy atom. The van der Waals surface area contributed by atoms with Crippen molar-refractivity contribution < 1.29 is 5.11 Å². The Bertz CT molecular complexity index is 394. The highest BCUT2D eigenvalue weighted by molar-refractivity contribution is 9.10. The molecule has 0 saturated carbocycles. The number of rotatable bonds is 5. The highest BCUT2D eigenvalue weighted by atomic mass is 79.9. The molecule has 0 aliphatic rings. The summed E-state index contributed by atoms with van der Waals surface area (Å²) in [6.45, 7) is 5.81. The number of allylic oxidation sites excluding steroid dienone is 3. The first-order valence-electron chi connectivity index (χ1n) is 5.37. The predicted molar refractivity (Wildman–Crippen MR) is 72.7 cm³/mol. The molecule has 0 bridgehead atoms. The summed E-state index contributed by atoms with van der Waals surface area (Å²) >= 11 is 3.40. The summed E-state index contributed by atoms with van der Waals surface area (Å²) in [5, 5.41) is 9.66. The summed E-state index contributed by atoms with van der Waals surface area (Å²) in [7, 11) is 0. The molecule has 0 aliphatic carbocycles. The van der Waals surface area contributed by atoms with Crippen LogP contribution in [0.25, 0.3) is 0 Å². The molecule has 0 amide bonds. The van der Waals surface area contributed by atoms with Crippen molar-refractivity contribution in [2.45, 2.75) is 26.2 Å². The van der Waals surface area contributed by atoms with Crippen LogP contribution in [0.2, 0.25) is 0 Å². The molecule has 1 aromatic rings. The lowest BCUT2D eigenvalue weighted by atomic mass is 10.1. The fourth-order valence-corrected chi connectivity index (χ4v) is 1.84. The smallest absolute Gasteiger partial charge is 0.119 e. The molecule has 0 spiro atoms. The number of phenolic OH excluding ortho intramolecular Hbond substituents is 1. The zero-order valence-corrected chi connectivity index (χ0v) is 11.1. The zero-order chi connectivity index (χ0) is 12.0. The van der Waals surface area contributed by atoms with E-state index >= 15 is 0 Å². The minimum Gasteiger partial charge on any atom is -0.508 e.